The van der Waals surface area contributed by atoms with Gasteiger partial charge in [0.15, 0.2) is 0 Å². The lowest BCUT2D eigenvalue weighted by atomic mass is 9.86. The van der Waals surface area contributed by atoms with E-state index in [4.69, 9.17) is 0 Å². The average Bonchev–Trinajstić information content (AvgIpc) is 3.04. The molecule has 0 aromatic carbocycles. The summed E-state index contributed by atoms with van der Waals surface area (Å²) in [6.45, 7) is 8.98. The van der Waals surface area contributed by atoms with Crippen molar-refractivity contribution in [2.24, 2.45) is 17.8 Å². The van der Waals surface area contributed by atoms with Crippen molar-refractivity contribution in [3.63, 3.8) is 0 Å². The quantitative estimate of drug-likeness (QED) is 0.369. The predicted molar refractivity (Wildman–Crippen MR) is 89.7 cm³/mol. The molecule has 0 aromatic rings. The third kappa shape index (κ3) is 4.11. The Kier molecular flexibility index (Phi) is 5.69. The van der Waals surface area contributed by atoms with Gasteiger partial charge in [0.25, 0.3) is 0 Å². The normalized spacial score (nSPS) is 28.2. The van der Waals surface area contributed by atoms with Crippen LogP contribution >= 0.6 is 0 Å². The van der Waals surface area contributed by atoms with Crippen molar-refractivity contribution in [3.8, 4) is 0 Å². The van der Waals surface area contributed by atoms with Gasteiger partial charge in [0.2, 0.25) is 0 Å². The Labute approximate surface area is 126 Å². The minimum absolute atomic E-state index is 0.905. The molecule has 2 aliphatic rings. The zero-order valence-corrected chi connectivity index (χ0v) is 13.9. The minimum Gasteiger partial charge on any atom is -0.0884 e. The maximum Gasteiger partial charge on any atom is -0.0196 e. The van der Waals surface area contributed by atoms with Gasteiger partial charge in [-0.2, -0.15) is 0 Å². The first-order valence-corrected chi connectivity index (χ1v) is 8.55. The van der Waals surface area contributed by atoms with Crippen LogP contribution in [0.1, 0.15) is 72.6 Å². The molecule has 2 bridgehead atoms. The molecule has 2 aliphatic carbocycles. The van der Waals surface area contributed by atoms with Gasteiger partial charge in [0, 0.05) is 0 Å². The van der Waals surface area contributed by atoms with Crippen LogP contribution in [-0.2, 0) is 0 Å². The van der Waals surface area contributed by atoms with Crippen molar-refractivity contribution in [2.45, 2.75) is 72.6 Å². The molecule has 1 saturated carbocycles. The van der Waals surface area contributed by atoms with Gasteiger partial charge in [-0.05, 0) is 90.4 Å². The summed E-state index contributed by atoms with van der Waals surface area (Å²) in [5.74, 6) is 2.78. The molecule has 0 radical (unpaired) electrons. The van der Waals surface area contributed by atoms with Gasteiger partial charge < -0.3 is 0 Å². The minimum atomic E-state index is 0.905. The van der Waals surface area contributed by atoms with Crippen molar-refractivity contribution in [3.05, 3.63) is 34.9 Å². The van der Waals surface area contributed by atoms with Crippen molar-refractivity contribution < 1.29 is 0 Å². The molecule has 2 rings (SSSR count). The Bertz CT molecular complexity index is 404. The summed E-state index contributed by atoms with van der Waals surface area (Å²) >= 11 is 0. The molecule has 0 aliphatic heterocycles. The van der Waals surface area contributed by atoms with E-state index in [2.05, 4.69) is 45.9 Å². The van der Waals surface area contributed by atoms with E-state index in [-0.39, 0.29) is 0 Å². The van der Waals surface area contributed by atoms with Gasteiger partial charge in [0.1, 0.15) is 0 Å². The lowest BCUT2D eigenvalue weighted by Gasteiger charge is -2.20. The summed E-state index contributed by atoms with van der Waals surface area (Å²) in [4.78, 5) is 0. The summed E-state index contributed by atoms with van der Waals surface area (Å²) in [5.41, 5.74) is 4.81. The number of hydrogen-bond donors (Lipinski definition) is 0. The summed E-state index contributed by atoms with van der Waals surface area (Å²) < 4.78 is 0. The molecule has 0 heterocycles. The second-order valence-electron chi connectivity index (χ2n) is 7.18. The summed E-state index contributed by atoms with van der Waals surface area (Å²) in [5, 5.41) is 0. The molecule has 3 unspecified atom stereocenters. The van der Waals surface area contributed by atoms with Gasteiger partial charge in [-0.3, -0.25) is 0 Å². The van der Waals surface area contributed by atoms with E-state index in [9.17, 15) is 0 Å². The van der Waals surface area contributed by atoms with E-state index >= 15 is 0 Å². The number of unbranched alkanes of at least 4 members (excludes halogenated alkanes) is 1. The van der Waals surface area contributed by atoms with Crippen molar-refractivity contribution in [1.29, 1.82) is 0 Å². The monoisotopic (exact) mass is 272 g/mol. The van der Waals surface area contributed by atoms with Crippen LogP contribution in [-0.4, -0.2) is 0 Å². The largest absolute Gasteiger partial charge is 0.0884 e. The molecule has 0 amide bonds. The summed E-state index contributed by atoms with van der Waals surface area (Å²) in [6.07, 6.45) is 16.9. The SMILES string of the molecule is C/C=C(\CCCCC(C)=C(C)C)CC1CC2C=CC1C2. The van der Waals surface area contributed by atoms with Crippen molar-refractivity contribution in [1.82, 2.24) is 0 Å². The Morgan fingerprint density at radius 3 is 2.35 bits per heavy atom. The van der Waals surface area contributed by atoms with Crippen LogP contribution in [0.15, 0.2) is 34.9 Å². The smallest absolute Gasteiger partial charge is 0.0196 e. The standard InChI is InChI=1S/C20H32/c1-5-17(9-7-6-8-16(4)15(2)3)12-20-14-18-10-11-19(20)13-18/h5,10-11,18-20H,6-9,12-14H2,1-4H3/b17-5+. The summed E-state index contributed by atoms with van der Waals surface area (Å²) in [7, 11) is 0. The van der Waals surface area contributed by atoms with E-state index in [1.165, 1.54) is 50.5 Å². The molecule has 0 nitrogen and oxygen atoms in total. The van der Waals surface area contributed by atoms with Crippen LogP contribution < -0.4 is 0 Å². The van der Waals surface area contributed by atoms with Gasteiger partial charge in [-0.15, -0.1) is 0 Å². The van der Waals surface area contributed by atoms with Crippen LogP contribution in [0.5, 0.6) is 0 Å². The van der Waals surface area contributed by atoms with Crippen molar-refractivity contribution in [2.75, 3.05) is 0 Å². The predicted octanol–water partition coefficient (Wildman–Crippen LogP) is 6.45. The third-order valence-corrected chi connectivity index (χ3v) is 5.50. The van der Waals surface area contributed by atoms with Gasteiger partial charge in [-0.25, -0.2) is 0 Å². The highest BCUT2D eigenvalue weighted by atomic mass is 14.4. The fourth-order valence-corrected chi connectivity index (χ4v) is 3.82. The number of hydrogen-bond acceptors (Lipinski definition) is 0. The maximum atomic E-state index is 2.49. The Morgan fingerprint density at radius 1 is 1.05 bits per heavy atom. The first-order valence-electron chi connectivity index (χ1n) is 8.55. The topological polar surface area (TPSA) is 0 Å². The second-order valence-corrected chi connectivity index (χ2v) is 7.18. The molecule has 0 saturated heterocycles. The number of rotatable bonds is 7. The number of allylic oxidation sites excluding steroid dienone is 6. The molecular weight excluding hydrogens is 240 g/mol. The van der Waals surface area contributed by atoms with Crippen molar-refractivity contribution >= 4 is 0 Å². The van der Waals surface area contributed by atoms with E-state index in [0.717, 1.165) is 17.8 Å². The molecule has 20 heavy (non-hydrogen) atoms. The third-order valence-electron chi connectivity index (χ3n) is 5.50. The Morgan fingerprint density at radius 2 is 1.80 bits per heavy atom. The van der Waals surface area contributed by atoms with Gasteiger partial charge >= 0.3 is 0 Å². The lowest BCUT2D eigenvalue weighted by Crippen LogP contribution is -2.08. The van der Waals surface area contributed by atoms with Crippen LogP contribution in [0.25, 0.3) is 0 Å². The maximum absolute atomic E-state index is 2.49. The second kappa shape index (κ2) is 7.29. The summed E-state index contributed by atoms with van der Waals surface area (Å²) in [6, 6.07) is 0. The molecule has 0 aromatic heterocycles. The van der Waals surface area contributed by atoms with Gasteiger partial charge in [-0.1, -0.05) is 34.9 Å². The zero-order chi connectivity index (χ0) is 14.5. The van der Waals surface area contributed by atoms with Crippen LogP contribution in [0.4, 0.5) is 0 Å². The van der Waals surface area contributed by atoms with Crippen LogP contribution in [0.2, 0.25) is 0 Å². The lowest BCUT2D eigenvalue weighted by molar-refractivity contribution is 0.437. The zero-order valence-electron chi connectivity index (χ0n) is 13.9. The molecule has 112 valence electrons. The van der Waals surface area contributed by atoms with E-state index in [0.29, 0.717) is 0 Å². The fourth-order valence-electron chi connectivity index (χ4n) is 3.82. The molecule has 1 fully saturated rings. The van der Waals surface area contributed by atoms with Crippen LogP contribution in [0, 0.1) is 17.8 Å². The van der Waals surface area contributed by atoms with E-state index < -0.39 is 0 Å². The van der Waals surface area contributed by atoms with Gasteiger partial charge in [0.05, 0.1) is 0 Å². The Balaban J connectivity index is 1.69. The van der Waals surface area contributed by atoms with Crippen LogP contribution in [0.3, 0.4) is 0 Å². The molecule has 0 N–H and O–H groups in total. The average molecular weight is 272 g/mol. The highest BCUT2D eigenvalue weighted by Crippen LogP contribution is 2.46. The first-order chi connectivity index (χ1) is 9.60. The highest BCUT2D eigenvalue weighted by Gasteiger charge is 2.35. The van der Waals surface area contributed by atoms with E-state index in [1.54, 1.807) is 11.1 Å². The first kappa shape index (κ1) is 15.6. The fraction of sp³-hybridized carbons (Fsp3) is 0.700. The Hall–Kier alpha value is -0.780. The highest BCUT2D eigenvalue weighted by molar-refractivity contribution is 5.14. The molecule has 3 atom stereocenters. The number of fused-ring (bicyclic) bond motifs is 2. The molecule has 0 spiro atoms. The molecule has 0 heteroatoms. The van der Waals surface area contributed by atoms with E-state index in [1.807, 2.05) is 0 Å². The molecular formula is C20H32.